The van der Waals surface area contributed by atoms with Crippen LogP contribution in [0.15, 0.2) is 99.9 Å². The molecule has 2 amide bonds. The summed E-state index contributed by atoms with van der Waals surface area (Å²) in [4.78, 5) is 16.7. The van der Waals surface area contributed by atoms with Crippen LogP contribution in [0.4, 0.5) is 16.2 Å². The number of benzene rings is 4. The maximum atomic E-state index is 13.6. The number of fused-ring (bicyclic) bond motifs is 1. The van der Waals surface area contributed by atoms with Crippen molar-refractivity contribution in [1.29, 1.82) is 0 Å². The lowest BCUT2D eigenvalue weighted by Crippen LogP contribution is -2.44. The highest BCUT2D eigenvalue weighted by molar-refractivity contribution is 9.10. The van der Waals surface area contributed by atoms with Crippen LogP contribution >= 0.6 is 31.9 Å². The Kier molecular flexibility index (Phi) is 5.08. The van der Waals surface area contributed by atoms with Gasteiger partial charge in [0.05, 0.1) is 6.54 Å². The number of halogens is 2. The van der Waals surface area contributed by atoms with E-state index in [1.165, 1.54) is 4.90 Å². The van der Waals surface area contributed by atoms with Crippen LogP contribution in [0.3, 0.4) is 0 Å². The van der Waals surface area contributed by atoms with Gasteiger partial charge in [-0.15, -0.1) is 0 Å². The Bertz CT molecular complexity index is 1270. The van der Waals surface area contributed by atoms with Crippen LogP contribution in [0, 0.1) is 0 Å². The molecule has 0 spiro atoms. The van der Waals surface area contributed by atoms with Gasteiger partial charge in [0.25, 0.3) is 0 Å². The average molecular weight is 538 g/mol. The standard InChI is InChI=1S/C25H18Br2N2O2/c26-20-7-11-22(12-8-20)28-16-25(31,19-6-5-17-3-1-2-4-18(17)15-19)29(24(28)30)23-13-9-21(27)10-14-23/h1-15,31H,16H2. The molecule has 154 valence electrons. The molecule has 4 aromatic rings. The number of urea groups is 1. The van der Waals surface area contributed by atoms with Crippen molar-refractivity contribution in [3.8, 4) is 0 Å². The Hall–Kier alpha value is -2.67. The van der Waals surface area contributed by atoms with Crippen LogP contribution in [-0.4, -0.2) is 17.7 Å². The summed E-state index contributed by atoms with van der Waals surface area (Å²) in [5.41, 5.74) is 0.500. The summed E-state index contributed by atoms with van der Waals surface area (Å²) in [5.74, 6) is 0. The lowest BCUT2D eigenvalue weighted by atomic mass is 9.97. The molecule has 1 saturated heterocycles. The van der Waals surface area contributed by atoms with Crippen LogP contribution in [0.1, 0.15) is 5.56 Å². The summed E-state index contributed by atoms with van der Waals surface area (Å²) >= 11 is 6.88. The number of nitrogens with zero attached hydrogens (tertiary/aromatic N) is 2. The minimum Gasteiger partial charge on any atom is -0.365 e. The average Bonchev–Trinajstić information content (AvgIpc) is 3.06. The van der Waals surface area contributed by atoms with E-state index < -0.39 is 5.72 Å². The molecule has 0 aromatic heterocycles. The van der Waals surface area contributed by atoms with Crippen LogP contribution in [-0.2, 0) is 5.72 Å². The van der Waals surface area contributed by atoms with Gasteiger partial charge in [0, 0.05) is 25.9 Å². The smallest absolute Gasteiger partial charge is 0.331 e. The molecule has 0 aliphatic carbocycles. The molecule has 0 bridgehead atoms. The zero-order chi connectivity index (χ0) is 21.6. The SMILES string of the molecule is O=C1N(c2ccc(Br)cc2)CC(O)(c2ccc3ccccc3c2)N1c1ccc(Br)cc1. The summed E-state index contributed by atoms with van der Waals surface area (Å²) < 4.78 is 1.83. The molecule has 1 aliphatic heterocycles. The third kappa shape index (κ3) is 3.55. The first-order chi connectivity index (χ1) is 15.0. The van der Waals surface area contributed by atoms with E-state index in [2.05, 4.69) is 31.9 Å². The van der Waals surface area contributed by atoms with Crippen molar-refractivity contribution < 1.29 is 9.90 Å². The largest absolute Gasteiger partial charge is 0.365 e. The Balaban J connectivity index is 1.66. The van der Waals surface area contributed by atoms with Gasteiger partial charge in [-0.25, -0.2) is 4.79 Å². The first kappa shape index (κ1) is 20.2. The summed E-state index contributed by atoms with van der Waals surface area (Å²) in [5, 5.41) is 14.1. The number of β-amino-alcohol motifs (C(OH)–C–C–N with tert-alkyl or cyclic N) is 1. The van der Waals surface area contributed by atoms with Gasteiger partial charge in [-0.1, -0.05) is 68.3 Å². The maximum absolute atomic E-state index is 13.6. The zero-order valence-electron chi connectivity index (χ0n) is 16.4. The first-order valence-corrected chi connectivity index (χ1v) is 11.4. The summed E-state index contributed by atoms with van der Waals surface area (Å²) in [7, 11) is 0. The molecule has 31 heavy (non-hydrogen) atoms. The van der Waals surface area contributed by atoms with Crippen molar-refractivity contribution in [2.24, 2.45) is 0 Å². The molecule has 6 heteroatoms. The van der Waals surface area contributed by atoms with E-state index in [0.29, 0.717) is 11.3 Å². The van der Waals surface area contributed by atoms with Crippen LogP contribution < -0.4 is 9.80 Å². The van der Waals surface area contributed by atoms with Crippen LogP contribution in [0.2, 0.25) is 0 Å². The van der Waals surface area contributed by atoms with E-state index in [0.717, 1.165) is 25.4 Å². The summed E-state index contributed by atoms with van der Waals surface area (Å²) in [6, 6.07) is 28.5. The van der Waals surface area contributed by atoms with Crippen molar-refractivity contribution in [2.45, 2.75) is 5.72 Å². The van der Waals surface area contributed by atoms with Crippen molar-refractivity contribution >= 4 is 60.0 Å². The van der Waals surface area contributed by atoms with Gasteiger partial charge in [-0.3, -0.25) is 9.80 Å². The molecule has 0 radical (unpaired) electrons. The predicted molar refractivity (Wildman–Crippen MR) is 131 cm³/mol. The molecular formula is C25H18Br2N2O2. The predicted octanol–water partition coefficient (Wildman–Crippen LogP) is 6.66. The molecule has 1 fully saturated rings. The second kappa shape index (κ2) is 7.79. The van der Waals surface area contributed by atoms with E-state index in [1.54, 1.807) is 4.90 Å². The van der Waals surface area contributed by atoms with Gasteiger partial charge in [-0.05, 0) is 65.4 Å². The number of carbonyl (C=O) groups is 1. The normalized spacial score (nSPS) is 18.7. The minimum absolute atomic E-state index is 0.113. The van der Waals surface area contributed by atoms with E-state index in [-0.39, 0.29) is 12.6 Å². The topological polar surface area (TPSA) is 43.8 Å². The fourth-order valence-corrected chi connectivity index (χ4v) is 4.56. The summed E-state index contributed by atoms with van der Waals surface area (Å²) in [6.45, 7) is 0.113. The first-order valence-electron chi connectivity index (χ1n) is 9.80. The van der Waals surface area contributed by atoms with E-state index in [4.69, 9.17) is 0 Å². The van der Waals surface area contributed by atoms with E-state index >= 15 is 0 Å². The monoisotopic (exact) mass is 536 g/mol. The number of aliphatic hydroxyl groups is 1. The fourth-order valence-electron chi connectivity index (χ4n) is 4.03. The molecule has 1 unspecified atom stereocenters. The van der Waals surface area contributed by atoms with Gasteiger partial charge in [0.2, 0.25) is 0 Å². The molecule has 4 aromatic carbocycles. The number of anilines is 2. The number of carbonyl (C=O) groups excluding carboxylic acids is 1. The van der Waals surface area contributed by atoms with Crippen molar-refractivity contribution in [3.63, 3.8) is 0 Å². The quantitative estimate of drug-likeness (QED) is 0.317. The maximum Gasteiger partial charge on any atom is 0.331 e. The van der Waals surface area contributed by atoms with Crippen LogP contribution in [0.25, 0.3) is 10.8 Å². The Morgan fingerprint density at radius 2 is 1.32 bits per heavy atom. The lowest BCUT2D eigenvalue weighted by Gasteiger charge is -2.32. The van der Waals surface area contributed by atoms with Crippen LogP contribution in [0.5, 0.6) is 0 Å². The third-order valence-corrected chi connectivity index (χ3v) is 6.66. The minimum atomic E-state index is -1.53. The molecular weight excluding hydrogens is 520 g/mol. The van der Waals surface area contributed by atoms with Crippen molar-refractivity contribution in [3.05, 3.63) is 106 Å². The number of rotatable bonds is 3. The van der Waals surface area contributed by atoms with Crippen molar-refractivity contribution in [2.75, 3.05) is 16.3 Å². The number of amides is 2. The summed E-state index contributed by atoms with van der Waals surface area (Å²) in [6.07, 6.45) is 0. The Morgan fingerprint density at radius 3 is 1.97 bits per heavy atom. The highest BCUT2D eigenvalue weighted by Crippen LogP contribution is 2.41. The highest BCUT2D eigenvalue weighted by atomic mass is 79.9. The Labute approximate surface area is 197 Å². The van der Waals surface area contributed by atoms with Gasteiger partial charge in [-0.2, -0.15) is 0 Å². The van der Waals surface area contributed by atoms with E-state index in [1.807, 2.05) is 91.0 Å². The number of hydrogen-bond donors (Lipinski definition) is 1. The zero-order valence-corrected chi connectivity index (χ0v) is 19.5. The highest BCUT2D eigenvalue weighted by Gasteiger charge is 2.51. The molecule has 1 atom stereocenters. The second-order valence-corrected chi connectivity index (χ2v) is 9.37. The fraction of sp³-hybridized carbons (Fsp3) is 0.0800. The van der Waals surface area contributed by atoms with Gasteiger partial charge >= 0.3 is 6.03 Å². The number of hydrogen-bond acceptors (Lipinski definition) is 2. The molecule has 5 rings (SSSR count). The van der Waals surface area contributed by atoms with Gasteiger partial charge < -0.3 is 5.11 Å². The molecule has 1 heterocycles. The van der Waals surface area contributed by atoms with E-state index in [9.17, 15) is 9.90 Å². The molecule has 1 aliphatic rings. The molecule has 0 saturated carbocycles. The second-order valence-electron chi connectivity index (χ2n) is 7.54. The van der Waals surface area contributed by atoms with Gasteiger partial charge in [0.1, 0.15) is 0 Å². The molecule has 1 N–H and O–H groups in total. The third-order valence-electron chi connectivity index (χ3n) is 5.61. The molecule has 4 nitrogen and oxygen atoms in total. The lowest BCUT2D eigenvalue weighted by molar-refractivity contribution is 0.0657. The van der Waals surface area contributed by atoms with Crippen molar-refractivity contribution in [1.82, 2.24) is 0 Å². The van der Waals surface area contributed by atoms with Gasteiger partial charge in [0.15, 0.2) is 5.72 Å². The Morgan fingerprint density at radius 1 is 0.742 bits per heavy atom.